The maximum Gasteiger partial charge on any atom is 0.409 e. The van der Waals surface area contributed by atoms with Crippen molar-refractivity contribution in [3.63, 3.8) is 0 Å². The molecule has 2 aromatic rings. The third kappa shape index (κ3) is 6.30. The van der Waals surface area contributed by atoms with Gasteiger partial charge in [-0.05, 0) is 43.4 Å². The van der Waals surface area contributed by atoms with Crippen LogP contribution in [0, 0.1) is 17.2 Å². The van der Waals surface area contributed by atoms with Crippen molar-refractivity contribution < 1.29 is 19.4 Å². The van der Waals surface area contributed by atoms with Crippen LogP contribution < -0.4 is 21.3 Å². The quantitative estimate of drug-likeness (QED) is 0.455. The summed E-state index contributed by atoms with van der Waals surface area (Å²) < 4.78 is 12.2. The topological polar surface area (TPSA) is 175 Å². The van der Waals surface area contributed by atoms with Gasteiger partial charge in [-0.1, -0.05) is 49.9 Å². The number of aliphatic hydroxyl groups excluding tert-OH is 1. The number of halogens is 2. The molecule has 15 heteroatoms. The maximum absolute atomic E-state index is 12.4. The normalized spacial score (nSPS) is 18.1. The first-order valence-electron chi connectivity index (χ1n) is 12.5. The molecule has 0 spiro atoms. The first kappa shape index (κ1) is 29.1. The van der Waals surface area contributed by atoms with E-state index in [-0.39, 0.29) is 39.3 Å². The van der Waals surface area contributed by atoms with E-state index in [0.717, 1.165) is 30.4 Å². The summed E-state index contributed by atoms with van der Waals surface area (Å²) in [5.74, 6) is -0.151. The van der Waals surface area contributed by atoms with E-state index in [1.54, 1.807) is 13.0 Å². The molecular formula is C25H27Cl2N7O6. The van der Waals surface area contributed by atoms with Crippen LogP contribution in [-0.2, 0) is 4.74 Å². The summed E-state index contributed by atoms with van der Waals surface area (Å²) in [7, 11) is 0. The van der Waals surface area contributed by atoms with Crippen LogP contribution in [-0.4, -0.2) is 55.4 Å². The van der Waals surface area contributed by atoms with Crippen molar-refractivity contribution in [2.75, 3.05) is 0 Å². The highest BCUT2D eigenvalue weighted by Gasteiger charge is 2.33. The number of aromatic nitrogens is 3. The monoisotopic (exact) mass is 591 g/mol. The van der Waals surface area contributed by atoms with Crippen LogP contribution in [0.15, 0.2) is 38.5 Å². The molecule has 1 aliphatic carbocycles. The van der Waals surface area contributed by atoms with Crippen molar-refractivity contribution >= 4 is 35.2 Å². The second-order valence-corrected chi connectivity index (χ2v) is 10.4. The summed E-state index contributed by atoms with van der Waals surface area (Å²) in [5.41, 5.74) is -1.75. The van der Waals surface area contributed by atoms with Gasteiger partial charge < -0.3 is 19.9 Å². The Balaban J connectivity index is 1.60. The molecule has 0 saturated heterocycles. The Hall–Kier alpha value is -3.86. The van der Waals surface area contributed by atoms with Gasteiger partial charge in [-0.25, -0.2) is 14.6 Å². The number of nitrogens with zero attached hydrogens (tertiary/aromatic N) is 5. The van der Waals surface area contributed by atoms with E-state index in [1.807, 2.05) is 18.8 Å². The third-order valence-electron chi connectivity index (χ3n) is 6.41. The van der Waals surface area contributed by atoms with E-state index in [2.05, 4.69) is 15.5 Å². The van der Waals surface area contributed by atoms with Gasteiger partial charge in [0.15, 0.2) is 18.2 Å². The number of benzene rings is 1. The largest absolute Gasteiger partial charge is 0.434 e. The minimum Gasteiger partial charge on any atom is -0.434 e. The fraction of sp³-hybridized carbons (Fsp3) is 0.440. The van der Waals surface area contributed by atoms with Crippen LogP contribution in [0.5, 0.6) is 5.75 Å². The van der Waals surface area contributed by atoms with Crippen molar-refractivity contribution in [1.29, 1.82) is 5.26 Å². The minimum absolute atomic E-state index is 0.00306. The van der Waals surface area contributed by atoms with Crippen molar-refractivity contribution in [3.8, 4) is 17.5 Å². The van der Waals surface area contributed by atoms with Crippen molar-refractivity contribution in [1.82, 2.24) is 25.1 Å². The molecule has 40 heavy (non-hydrogen) atoms. The van der Waals surface area contributed by atoms with Crippen LogP contribution in [0.4, 0.5) is 4.79 Å². The zero-order valence-electron chi connectivity index (χ0n) is 21.9. The van der Waals surface area contributed by atoms with Crippen LogP contribution >= 0.6 is 23.2 Å². The Kier molecular flexibility index (Phi) is 8.82. The number of H-pyrrole nitrogens is 1. The summed E-state index contributed by atoms with van der Waals surface area (Å²) in [6.45, 7) is 5.31. The van der Waals surface area contributed by atoms with Gasteiger partial charge in [0.25, 0.3) is 5.56 Å². The molecule has 0 radical (unpaired) electrons. The fourth-order valence-corrected chi connectivity index (χ4v) is 4.91. The minimum atomic E-state index is -1.19. The lowest BCUT2D eigenvalue weighted by molar-refractivity contribution is -0.0852. The number of hydrazone groups is 1. The molecule has 3 N–H and O–H groups in total. The van der Waals surface area contributed by atoms with Gasteiger partial charge in [0.05, 0.1) is 15.7 Å². The Morgan fingerprint density at radius 1 is 1.23 bits per heavy atom. The lowest BCUT2D eigenvalue weighted by Crippen LogP contribution is -2.47. The number of hydrogen-bond acceptors (Lipinski definition) is 10. The average Bonchev–Trinajstić information content (AvgIpc) is 3.39. The summed E-state index contributed by atoms with van der Waals surface area (Å²) >= 11 is 12.9. The zero-order chi connectivity index (χ0) is 29.1. The Labute approximate surface area is 238 Å². The van der Waals surface area contributed by atoms with Crippen LogP contribution in [0.1, 0.15) is 52.1 Å². The molecule has 1 aromatic heterocycles. The zero-order valence-corrected chi connectivity index (χ0v) is 23.4. The number of aromatic amines is 1. The number of rotatable bonds is 6. The molecule has 212 valence electrons. The Morgan fingerprint density at radius 3 is 2.48 bits per heavy atom. The molecule has 1 saturated carbocycles. The molecule has 1 fully saturated rings. The summed E-state index contributed by atoms with van der Waals surface area (Å²) in [4.78, 5) is 38.4. The number of nitrogens with one attached hydrogen (secondary N) is 2. The van der Waals surface area contributed by atoms with Gasteiger partial charge in [0.1, 0.15) is 6.07 Å². The standard InChI is InChI=1S/C25H27Cl2N7O6/c1-12(2)16-10-20(32-33(23(16)36)13(3)39-25(38)29-14-6-4-5-7-14)40-21-17(26)8-15(9-18(21)27)34-24(37)30-22(35)19(11-28)31-34/h8-10,12-14,23,36H,4-7H2,1-3H3,(H,29,38)(H,30,35,37). The molecule has 13 nitrogen and oxygen atoms in total. The van der Waals surface area contributed by atoms with E-state index in [4.69, 9.17) is 37.9 Å². The number of alkyl carbamates (subject to hydrolysis) is 1. The van der Waals surface area contributed by atoms with E-state index in [0.29, 0.717) is 5.57 Å². The highest BCUT2D eigenvalue weighted by Crippen LogP contribution is 2.36. The molecule has 1 aliphatic heterocycles. The smallest absolute Gasteiger partial charge is 0.409 e. The van der Waals surface area contributed by atoms with Gasteiger partial charge in [-0.3, -0.25) is 9.78 Å². The average molecular weight is 592 g/mol. The lowest BCUT2D eigenvalue weighted by atomic mass is 10.00. The number of ether oxygens (including phenoxy) is 2. The second kappa shape index (κ2) is 12.1. The number of carbonyl (C=O) groups is 1. The van der Waals surface area contributed by atoms with Crippen LogP contribution in [0.25, 0.3) is 5.69 Å². The number of amides is 1. The van der Waals surface area contributed by atoms with Gasteiger partial charge in [-0.2, -0.15) is 9.94 Å². The van der Waals surface area contributed by atoms with Gasteiger partial charge in [0, 0.05) is 12.1 Å². The third-order valence-corrected chi connectivity index (χ3v) is 6.98. The van der Waals surface area contributed by atoms with Gasteiger partial charge in [0.2, 0.25) is 11.6 Å². The summed E-state index contributed by atoms with van der Waals surface area (Å²) in [6.07, 6.45) is 2.63. The van der Waals surface area contributed by atoms with E-state index in [1.165, 1.54) is 23.2 Å². The molecule has 4 rings (SSSR count). The SMILES string of the molecule is CC(C)C1=CC(Oc2c(Cl)cc(-n3nc(C#N)c(=O)[nH]c3=O)cc2Cl)=NN(C(C)OC(=O)NC2CCCC2)C1O. The van der Waals surface area contributed by atoms with Crippen LogP contribution in [0.3, 0.4) is 0 Å². The van der Waals surface area contributed by atoms with Gasteiger partial charge in [-0.15, -0.1) is 10.2 Å². The van der Waals surface area contributed by atoms with Crippen molar-refractivity contribution in [2.24, 2.45) is 11.0 Å². The number of nitriles is 1. The molecular weight excluding hydrogens is 565 g/mol. The molecule has 1 aromatic carbocycles. The maximum atomic E-state index is 12.4. The number of hydrogen-bond donors (Lipinski definition) is 3. The summed E-state index contributed by atoms with van der Waals surface area (Å²) in [6, 6.07) is 4.26. The lowest BCUT2D eigenvalue weighted by Gasteiger charge is -2.35. The second-order valence-electron chi connectivity index (χ2n) is 9.59. The van der Waals surface area contributed by atoms with Crippen LogP contribution in [0.2, 0.25) is 10.0 Å². The van der Waals surface area contributed by atoms with E-state index in [9.17, 15) is 19.5 Å². The molecule has 0 bridgehead atoms. The molecule has 2 atom stereocenters. The Morgan fingerprint density at radius 2 is 1.88 bits per heavy atom. The molecule has 1 amide bonds. The highest BCUT2D eigenvalue weighted by atomic mass is 35.5. The Bertz CT molecular complexity index is 1500. The van der Waals surface area contributed by atoms with Crippen molar-refractivity contribution in [3.05, 3.63) is 60.4 Å². The first-order valence-corrected chi connectivity index (χ1v) is 13.3. The summed E-state index contributed by atoms with van der Waals surface area (Å²) in [5, 5.41) is 32.0. The molecule has 2 heterocycles. The number of carbonyl (C=O) groups excluding carboxylic acids is 1. The first-order chi connectivity index (χ1) is 19.0. The number of aliphatic hydroxyl groups is 1. The van der Waals surface area contributed by atoms with Gasteiger partial charge >= 0.3 is 11.8 Å². The van der Waals surface area contributed by atoms with Crippen molar-refractivity contribution in [2.45, 2.75) is 65.0 Å². The van der Waals surface area contributed by atoms with E-state index < -0.39 is 35.5 Å². The molecule has 2 unspecified atom stereocenters. The predicted molar refractivity (Wildman–Crippen MR) is 145 cm³/mol. The van der Waals surface area contributed by atoms with E-state index >= 15 is 0 Å². The predicted octanol–water partition coefficient (Wildman–Crippen LogP) is 3.02. The highest BCUT2D eigenvalue weighted by molar-refractivity contribution is 6.37. The fourth-order valence-electron chi connectivity index (χ4n) is 4.36. The molecule has 2 aliphatic rings.